The van der Waals surface area contributed by atoms with Crippen molar-refractivity contribution in [3.63, 3.8) is 0 Å². The van der Waals surface area contributed by atoms with Crippen molar-refractivity contribution in [2.24, 2.45) is 11.3 Å². The number of nitrogens with zero attached hydrogens (tertiary/aromatic N) is 1. The maximum absolute atomic E-state index is 11.4. The molecule has 78 valence electrons. The van der Waals surface area contributed by atoms with Gasteiger partial charge in [-0.1, -0.05) is 13.8 Å². The molecule has 1 atom stereocenters. The van der Waals surface area contributed by atoms with Crippen LogP contribution in [-0.4, -0.2) is 29.9 Å². The molecule has 1 N–H and O–H groups in total. The largest absolute Gasteiger partial charge is 0.324 e. The number of amides is 3. The molecule has 2 rings (SSSR count). The Labute approximate surface area is 83.6 Å². The molecule has 2 aliphatic rings. The summed E-state index contributed by atoms with van der Waals surface area (Å²) in [6, 6.07) is -0.219. The SMILES string of the molecule is CC1(C)CC1CN1CCC(=O)NC1=O. The molecule has 1 heterocycles. The first-order valence-electron chi connectivity index (χ1n) is 5.08. The van der Waals surface area contributed by atoms with E-state index in [9.17, 15) is 9.59 Å². The lowest BCUT2D eigenvalue weighted by Gasteiger charge is -2.26. The molecule has 4 heteroatoms. The van der Waals surface area contributed by atoms with Crippen LogP contribution in [-0.2, 0) is 4.79 Å². The van der Waals surface area contributed by atoms with Crippen molar-refractivity contribution < 1.29 is 9.59 Å². The average Bonchev–Trinajstić information content (AvgIpc) is 2.65. The fourth-order valence-electron chi connectivity index (χ4n) is 1.93. The van der Waals surface area contributed by atoms with Gasteiger partial charge in [-0.3, -0.25) is 10.1 Å². The monoisotopic (exact) mass is 196 g/mol. The van der Waals surface area contributed by atoms with Crippen LogP contribution in [0.2, 0.25) is 0 Å². The minimum Gasteiger partial charge on any atom is -0.324 e. The van der Waals surface area contributed by atoms with E-state index < -0.39 is 0 Å². The maximum Gasteiger partial charge on any atom is 0.324 e. The van der Waals surface area contributed by atoms with Gasteiger partial charge in [0, 0.05) is 19.5 Å². The van der Waals surface area contributed by atoms with Gasteiger partial charge in [-0.25, -0.2) is 4.79 Å². The number of imide groups is 1. The van der Waals surface area contributed by atoms with E-state index in [1.54, 1.807) is 4.90 Å². The molecule has 0 aromatic carbocycles. The topological polar surface area (TPSA) is 49.4 Å². The molecule has 1 saturated carbocycles. The van der Waals surface area contributed by atoms with Gasteiger partial charge in [-0.2, -0.15) is 0 Å². The summed E-state index contributed by atoms with van der Waals surface area (Å²) in [6.45, 7) is 5.80. The Kier molecular flexibility index (Phi) is 2.01. The van der Waals surface area contributed by atoms with Gasteiger partial charge in [0.2, 0.25) is 5.91 Å². The zero-order valence-electron chi connectivity index (χ0n) is 8.67. The van der Waals surface area contributed by atoms with Crippen LogP contribution in [0, 0.1) is 11.3 Å². The molecular weight excluding hydrogens is 180 g/mol. The Morgan fingerprint density at radius 3 is 2.64 bits per heavy atom. The minimum atomic E-state index is -0.219. The van der Waals surface area contributed by atoms with Gasteiger partial charge >= 0.3 is 6.03 Å². The number of carbonyl (C=O) groups excluding carboxylic acids is 2. The Balaban J connectivity index is 1.87. The van der Waals surface area contributed by atoms with E-state index in [0.717, 1.165) is 6.54 Å². The van der Waals surface area contributed by atoms with Crippen LogP contribution in [0.5, 0.6) is 0 Å². The third-order valence-electron chi connectivity index (χ3n) is 3.30. The highest BCUT2D eigenvalue weighted by Crippen LogP contribution is 2.51. The van der Waals surface area contributed by atoms with Gasteiger partial charge < -0.3 is 4.90 Å². The number of nitrogens with one attached hydrogen (secondary N) is 1. The number of hydrogen-bond acceptors (Lipinski definition) is 2. The van der Waals surface area contributed by atoms with Crippen molar-refractivity contribution in [2.75, 3.05) is 13.1 Å². The van der Waals surface area contributed by atoms with Crippen LogP contribution in [0.3, 0.4) is 0 Å². The summed E-state index contributed by atoms with van der Waals surface area (Å²) in [4.78, 5) is 24.0. The van der Waals surface area contributed by atoms with Crippen LogP contribution >= 0.6 is 0 Å². The number of urea groups is 1. The summed E-state index contributed by atoms with van der Waals surface area (Å²) < 4.78 is 0. The quantitative estimate of drug-likeness (QED) is 0.715. The van der Waals surface area contributed by atoms with Gasteiger partial charge in [0.1, 0.15) is 0 Å². The van der Waals surface area contributed by atoms with Crippen LogP contribution < -0.4 is 5.32 Å². The van der Waals surface area contributed by atoms with E-state index in [0.29, 0.717) is 24.3 Å². The molecule has 3 amide bonds. The molecular formula is C10H16N2O2. The summed E-state index contributed by atoms with van der Waals surface area (Å²) in [6.07, 6.45) is 1.63. The Hall–Kier alpha value is -1.06. The standard InChI is InChI=1S/C10H16N2O2/c1-10(2)5-7(10)6-12-4-3-8(13)11-9(12)14/h7H,3-6H2,1-2H3,(H,11,13,14). The lowest BCUT2D eigenvalue weighted by atomic mass is 10.1. The second kappa shape index (κ2) is 2.97. The number of hydrogen-bond donors (Lipinski definition) is 1. The highest BCUT2D eigenvalue weighted by Gasteiger charge is 2.47. The second-order valence-corrected chi connectivity index (χ2v) is 4.94. The predicted molar refractivity (Wildman–Crippen MR) is 51.6 cm³/mol. The highest BCUT2D eigenvalue weighted by molar-refractivity contribution is 5.96. The van der Waals surface area contributed by atoms with Gasteiger partial charge in [0.25, 0.3) is 0 Å². The van der Waals surface area contributed by atoms with Crippen LogP contribution in [0.4, 0.5) is 4.79 Å². The van der Waals surface area contributed by atoms with Gasteiger partial charge in [-0.15, -0.1) is 0 Å². The van der Waals surface area contributed by atoms with E-state index in [1.807, 2.05) is 0 Å². The average molecular weight is 196 g/mol. The zero-order chi connectivity index (χ0) is 10.3. The summed E-state index contributed by atoms with van der Waals surface area (Å²) >= 11 is 0. The third kappa shape index (κ3) is 1.74. The second-order valence-electron chi connectivity index (χ2n) is 4.94. The first-order chi connectivity index (χ1) is 6.49. The normalized spacial score (nSPS) is 30.1. The Morgan fingerprint density at radius 1 is 1.50 bits per heavy atom. The fourth-order valence-corrected chi connectivity index (χ4v) is 1.93. The molecule has 2 fully saturated rings. The van der Waals surface area contributed by atoms with Crippen LogP contribution in [0.1, 0.15) is 26.7 Å². The number of rotatable bonds is 2. The predicted octanol–water partition coefficient (Wildman–Crippen LogP) is 0.974. The molecule has 0 aromatic heterocycles. The summed E-state index contributed by atoms with van der Waals surface area (Å²) in [5.41, 5.74) is 0.391. The van der Waals surface area contributed by atoms with Crippen molar-refractivity contribution in [2.45, 2.75) is 26.7 Å². The molecule has 1 aliphatic heterocycles. The lowest BCUT2D eigenvalue weighted by molar-refractivity contribution is -0.121. The van der Waals surface area contributed by atoms with Crippen molar-refractivity contribution in [1.29, 1.82) is 0 Å². The molecule has 4 nitrogen and oxygen atoms in total. The molecule has 1 aliphatic carbocycles. The summed E-state index contributed by atoms with van der Waals surface area (Å²) in [7, 11) is 0. The molecule has 0 aromatic rings. The smallest absolute Gasteiger partial charge is 0.324 e. The van der Waals surface area contributed by atoms with Crippen molar-refractivity contribution in [3.05, 3.63) is 0 Å². The van der Waals surface area contributed by atoms with Gasteiger partial charge in [0.05, 0.1) is 0 Å². The zero-order valence-corrected chi connectivity index (χ0v) is 8.67. The highest BCUT2D eigenvalue weighted by atomic mass is 16.2. The summed E-state index contributed by atoms with van der Waals surface area (Å²) in [5.74, 6) is 0.461. The molecule has 0 spiro atoms. The first-order valence-corrected chi connectivity index (χ1v) is 5.08. The Morgan fingerprint density at radius 2 is 2.14 bits per heavy atom. The van der Waals surface area contributed by atoms with Crippen molar-refractivity contribution >= 4 is 11.9 Å². The molecule has 14 heavy (non-hydrogen) atoms. The van der Waals surface area contributed by atoms with Crippen molar-refractivity contribution in [1.82, 2.24) is 10.2 Å². The van der Waals surface area contributed by atoms with E-state index in [-0.39, 0.29) is 11.9 Å². The minimum absolute atomic E-state index is 0.152. The fraction of sp³-hybridized carbons (Fsp3) is 0.800. The van der Waals surface area contributed by atoms with E-state index in [2.05, 4.69) is 19.2 Å². The van der Waals surface area contributed by atoms with E-state index in [1.165, 1.54) is 6.42 Å². The Bertz CT molecular complexity index is 286. The summed E-state index contributed by atoms with van der Waals surface area (Å²) in [5, 5.41) is 2.34. The third-order valence-corrected chi connectivity index (χ3v) is 3.30. The van der Waals surface area contributed by atoms with Crippen LogP contribution in [0.25, 0.3) is 0 Å². The van der Waals surface area contributed by atoms with Gasteiger partial charge in [-0.05, 0) is 17.8 Å². The van der Waals surface area contributed by atoms with Crippen molar-refractivity contribution in [3.8, 4) is 0 Å². The molecule has 1 unspecified atom stereocenters. The lowest BCUT2D eigenvalue weighted by Crippen LogP contribution is -2.50. The molecule has 0 bridgehead atoms. The first kappa shape index (κ1) is 9.49. The number of carbonyl (C=O) groups is 2. The molecule has 1 saturated heterocycles. The van der Waals surface area contributed by atoms with Gasteiger partial charge in [0.15, 0.2) is 0 Å². The molecule has 0 radical (unpaired) electrons. The maximum atomic E-state index is 11.4. The van der Waals surface area contributed by atoms with Crippen LogP contribution in [0.15, 0.2) is 0 Å². The van der Waals surface area contributed by atoms with E-state index in [4.69, 9.17) is 0 Å². The van der Waals surface area contributed by atoms with E-state index >= 15 is 0 Å².